The van der Waals surface area contributed by atoms with Gasteiger partial charge in [0.1, 0.15) is 5.60 Å². The number of alkyl carbamates (subject to hydrolysis) is 1. The van der Waals surface area contributed by atoms with Crippen LogP contribution >= 0.6 is 0 Å². The molecule has 1 aliphatic rings. The second-order valence-corrected chi connectivity index (χ2v) is 4.84. The van der Waals surface area contributed by atoms with Crippen LogP contribution in [0.4, 0.5) is 4.79 Å². The second-order valence-electron chi connectivity index (χ2n) is 4.84. The number of nitrogens with two attached hydrogens (primary N) is 1. The Morgan fingerprint density at radius 1 is 1.33 bits per heavy atom. The molecular weight excluding hydrogens is 196 g/mol. The molecule has 0 aromatic heterocycles. The maximum absolute atomic E-state index is 11.3. The number of ether oxygens (including phenoxy) is 1. The molecule has 1 aliphatic carbocycles. The van der Waals surface area contributed by atoms with Gasteiger partial charge >= 0.3 is 6.09 Å². The van der Waals surface area contributed by atoms with E-state index >= 15 is 0 Å². The summed E-state index contributed by atoms with van der Waals surface area (Å²) in [6, 6.07) is -0.155. The maximum Gasteiger partial charge on any atom is 0.407 e. The fourth-order valence-corrected chi connectivity index (χ4v) is 1.47. The van der Waals surface area contributed by atoms with E-state index in [4.69, 9.17) is 10.5 Å². The van der Waals surface area contributed by atoms with Gasteiger partial charge in [-0.25, -0.2) is 4.79 Å². The highest BCUT2D eigenvalue weighted by atomic mass is 16.6. The molecule has 2 amide bonds. The first kappa shape index (κ1) is 11.8. The molecule has 0 aliphatic heterocycles. The molecule has 0 radical (unpaired) electrons. The van der Waals surface area contributed by atoms with Gasteiger partial charge in [-0.05, 0) is 33.6 Å². The summed E-state index contributed by atoms with van der Waals surface area (Å²) >= 11 is 0. The van der Waals surface area contributed by atoms with Crippen molar-refractivity contribution in [3.8, 4) is 0 Å². The highest BCUT2D eigenvalue weighted by Crippen LogP contribution is 2.27. The zero-order valence-corrected chi connectivity index (χ0v) is 9.37. The average molecular weight is 214 g/mol. The first-order valence-corrected chi connectivity index (χ1v) is 5.08. The van der Waals surface area contributed by atoms with Crippen molar-refractivity contribution in [1.29, 1.82) is 0 Å². The number of primary amides is 1. The van der Waals surface area contributed by atoms with Gasteiger partial charge in [0, 0.05) is 6.04 Å². The van der Waals surface area contributed by atoms with Crippen LogP contribution < -0.4 is 11.1 Å². The van der Waals surface area contributed by atoms with Crippen LogP contribution in [0.15, 0.2) is 0 Å². The first-order valence-electron chi connectivity index (χ1n) is 5.08. The van der Waals surface area contributed by atoms with Crippen LogP contribution in [0.2, 0.25) is 0 Å². The minimum Gasteiger partial charge on any atom is -0.444 e. The Morgan fingerprint density at radius 3 is 2.27 bits per heavy atom. The minimum atomic E-state index is -0.518. The number of carbonyl (C=O) groups excluding carboxylic acids is 2. The standard InChI is InChI=1S/C10H18N2O3/c1-10(2,3)15-9(14)12-7-5-4-6(7)8(11)13/h6-7H,4-5H2,1-3H3,(H2,11,13)(H,12,14)/t6-,7-/m0/s1. The molecule has 0 unspecified atom stereocenters. The van der Waals surface area contributed by atoms with Crippen molar-refractivity contribution in [3.05, 3.63) is 0 Å². The smallest absolute Gasteiger partial charge is 0.407 e. The summed E-state index contributed by atoms with van der Waals surface area (Å²) in [4.78, 5) is 22.2. The van der Waals surface area contributed by atoms with E-state index in [1.54, 1.807) is 20.8 Å². The second kappa shape index (κ2) is 4.08. The van der Waals surface area contributed by atoms with E-state index in [0.29, 0.717) is 0 Å². The minimum absolute atomic E-state index is 0.155. The van der Waals surface area contributed by atoms with Gasteiger partial charge in [-0.1, -0.05) is 0 Å². The van der Waals surface area contributed by atoms with Gasteiger partial charge < -0.3 is 15.8 Å². The molecule has 3 N–H and O–H groups in total. The fraction of sp³-hybridized carbons (Fsp3) is 0.800. The van der Waals surface area contributed by atoms with Crippen LogP contribution in [0.25, 0.3) is 0 Å². The Kier molecular flexibility index (Phi) is 3.21. The van der Waals surface area contributed by atoms with Gasteiger partial charge in [0.05, 0.1) is 5.92 Å². The Bertz CT molecular complexity index is 270. The Balaban J connectivity index is 2.36. The largest absolute Gasteiger partial charge is 0.444 e. The van der Waals surface area contributed by atoms with Gasteiger partial charge in [0.2, 0.25) is 5.91 Å². The summed E-state index contributed by atoms with van der Waals surface area (Å²) in [6.45, 7) is 5.37. The predicted octanol–water partition coefficient (Wildman–Crippen LogP) is 0.775. The zero-order chi connectivity index (χ0) is 11.6. The molecule has 1 rings (SSSR count). The van der Waals surface area contributed by atoms with Gasteiger partial charge in [0.15, 0.2) is 0 Å². The third kappa shape index (κ3) is 3.42. The highest BCUT2D eigenvalue weighted by molar-refractivity contribution is 5.79. The van der Waals surface area contributed by atoms with Crippen LogP contribution in [0, 0.1) is 5.92 Å². The van der Waals surface area contributed by atoms with Crippen molar-refractivity contribution in [2.24, 2.45) is 11.7 Å². The van der Waals surface area contributed by atoms with Crippen LogP contribution in [0.5, 0.6) is 0 Å². The Labute approximate surface area is 89.3 Å². The molecule has 5 heteroatoms. The van der Waals surface area contributed by atoms with E-state index in [1.165, 1.54) is 0 Å². The van der Waals surface area contributed by atoms with Crippen molar-refractivity contribution in [1.82, 2.24) is 5.32 Å². The summed E-state index contributed by atoms with van der Waals surface area (Å²) < 4.78 is 5.07. The molecule has 86 valence electrons. The predicted molar refractivity (Wildman–Crippen MR) is 55.1 cm³/mol. The van der Waals surface area contributed by atoms with E-state index in [9.17, 15) is 9.59 Å². The highest BCUT2D eigenvalue weighted by Gasteiger charge is 2.36. The quantitative estimate of drug-likeness (QED) is 0.712. The van der Waals surface area contributed by atoms with Crippen LogP contribution in [-0.2, 0) is 9.53 Å². The van der Waals surface area contributed by atoms with Gasteiger partial charge in [-0.15, -0.1) is 0 Å². The van der Waals surface area contributed by atoms with E-state index < -0.39 is 11.7 Å². The lowest BCUT2D eigenvalue weighted by molar-refractivity contribution is -0.125. The summed E-state index contributed by atoms with van der Waals surface area (Å²) in [6.07, 6.45) is 1.04. The maximum atomic E-state index is 11.3. The van der Waals surface area contributed by atoms with Crippen molar-refractivity contribution in [2.45, 2.75) is 45.3 Å². The molecule has 5 nitrogen and oxygen atoms in total. The number of carbonyl (C=O) groups is 2. The molecular formula is C10H18N2O3. The molecule has 1 saturated carbocycles. The summed E-state index contributed by atoms with van der Waals surface area (Å²) in [5, 5.41) is 2.64. The molecule has 15 heavy (non-hydrogen) atoms. The first-order chi connectivity index (χ1) is 6.79. The van der Waals surface area contributed by atoms with Gasteiger partial charge in [-0.3, -0.25) is 4.79 Å². The number of nitrogens with one attached hydrogen (secondary N) is 1. The summed E-state index contributed by atoms with van der Waals surface area (Å²) in [5.41, 5.74) is 4.64. The molecule has 0 bridgehead atoms. The zero-order valence-electron chi connectivity index (χ0n) is 9.37. The molecule has 0 spiro atoms. The molecule has 2 atom stereocenters. The van der Waals surface area contributed by atoms with Crippen molar-refractivity contribution >= 4 is 12.0 Å². The normalized spacial score (nSPS) is 25.3. The Hall–Kier alpha value is -1.26. The van der Waals surface area contributed by atoms with E-state index in [2.05, 4.69) is 5.32 Å². The topological polar surface area (TPSA) is 81.4 Å². The van der Waals surface area contributed by atoms with Crippen LogP contribution in [-0.4, -0.2) is 23.6 Å². The third-order valence-electron chi connectivity index (χ3n) is 2.34. The van der Waals surface area contributed by atoms with Crippen molar-refractivity contribution in [3.63, 3.8) is 0 Å². The van der Waals surface area contributed by atoms with Crippen molar-refractivity contribution < 1.29 is 14.3 Å². The fourth-order valence-electron chi connectivity index (χ4n) is 1.47. The third-order valence-corrected chi connectivity index (χ3v) is 2.34. The lowest BCUT2D eigenvalue weighted by Gasteiger charge is -2.35. The molecule has 1 fully saturated rings. The molecule has 0 saturated heterocycles. The molecule has 0 aromatic rings. The van der Waals surface area contributed by atoms with E-state index in [0.717, 1.165) is 12.8 Å². The lowest BCUT2D eigenvalue weighted by Crippen LogP contribution is -2.52. The number of amides is 2. The number of rotatable bonds is 2. The average Bonchev–Trinajstić information content (AvgIpc) is 1.93. The van der Waals surface area contributed by atoms with Crippen LogP contribution in [0.3, 0.4) is 0 Å². The summed E-state index contributed by atoms with van der Waals surface area (Å²) in [5.74, 6) is -0.597. The number of hydrogen-bond acceptors (Lipinski definition) is 3. The lowest BCUT2D eigenvalue weighted by atomic mass is 9.79. The number of hydrogen-bond donors (Lipinski definition) is 2. The van der Waals surface area contributed by atoms with Gasteiger partial charge in [-0.2, -0.15) is 0 Å². The van der Waals surface area contributed by atoms with Crippen molar-refractivity contribution in [2.75, 3.05) is 0 Å². The van der Waals surface area contributed by atoms with Gasteiger partial charge in [0.25, 0.3) is 0 Å². The summed E-state index contributed by atoms with van der Waals surface area (Å²) in [7, 11) is 0. The van der Waals surface area contributed by atoms with Crippen LogP contribution in [0.1, 0.15) is 33.6 Å². The van der Waals surface area contributed by atoms with E-state index in [-0.39, 0.29) is 17.9 Å². The SMILES string of the molecule is CC(C)(C)OC(=O)N[C@H]1CC[C@@H]1C(N)=O. The monoisotopic (exact) mass is 214 g/mol. The molecule has 0 aromatic carbocycles. The molecule has 0 heterocycles. The Morgan fingerprint density at radius 2 is 1.93 bits per heavy atom. The van der Waals surface area contributed by atoms with E-state index in [1.807, 2.05) is 0 Å².